The van der Waals surface area contributed by atoms with E-state index in [1.807, 2.05) is 31.2 Å². The van der Waals surface area contributed by atoms with Crippen LogP contribution >= 0.6 is 0 Å². The predicted octanol–water partition coefficient (Wildman–Crippen LogP) is 4.69. The highest BCUT2D eigenvalue weighted by atomic mass is 16.2. The van der Waals surface area contributed by atoms with Gasteiger partial charge in [0.2, 0.25) is 0 Å². The van der Waals surface area contributed by atoms with E-state index in [-0.39, 0.29) is 11.9 Å². The van der Waals surface area contributed by atoms with Crippen molar-refractivity contribution < 1.29 is 9.59 Å². The van der Waals surface area contributed by atoms with Crippen LogP contribution < -0.4 is 21.3 Å². The summed E-state index contributed by atoms with van der Waals surface area (Å²) in [6.45, 7) is 5.46. The Kier molecular flexibility index (Phi) is 8.11. The quantitative estimate of drug-likeness (QED) is 0.369. The fourth-order valence-electron chi connectivity index (χ4n) is 4.00. The number of carbonyl (C=O) groups excluding carboxylic acids is 2. The van der Waals surface area contributed by atoms with Crippen molar-refractivity contribution in [2.75, 3.05) is 35.6 Å². The average molecular weight is 484 g/mol. The highest BCUT2D eigenvalue weighted by molar-refractivity contribution is 6.08. The van der Waals surface area contributed by atoms with Gasteiger partial charge in [-0.3, -0.25) is 15.0 Å². The molecule has 1 aliphatic heterocycles. The zero-order chi connectivity index (χ0) is 25.3. The highest BCUT2D eigenvalue weighted by Gasteiger charge is 2.16. The van der Waals surface area contributed by atoms with E-state index in [1.54, 1.807) is 30.3 Å². The van der Waals surface area contributed by atoms with E-state index in [1.165, 1.54) is 24.6 Å². The van der Waals surface area contributed by atoms with E-state index in [0.29, 0.717) is 40.6 Å². The summed E-state index contributed by atoms with van der Waals surface area (Å²) in [6.07, 6.45) is 3.92. The summed E-state index contributed by atoms with van der Waals surface area (Å²) < 4.78 is 0. The third kappa shape index (κ3) is 6.58. The molecule has 1 fully saturated rings. The van der Waals surface area contributed by atoms with Crippen molar-refractivity contribution in [2.24, 2.45) is 0 Å². The lowest BCUT2D eigenvalue weighted by Gasteiger charge is -2.16. The van der Waals surface area contributed by atoms with Crippen molar-refractivity contribution in [2.45, 2.75) is 26.3 Å². The van der Waals surface area contributed by atoms with Gasteiger partial charge in [-0.15, -0.1) is 0 Å². The smallest absolute Gasteiger partial charge is 0.320 e. The van der Waals surface area contributed by atoms with E-state index in [4.69, 9.17) is 5.26 Å². The van der Waals surface area contributed by atoms with Crippen LogP contribution in [0.25, 0.3) is 0 Å². The van der Waals surface area contributed by atoms with E-state index in [9.17, 15) is 9.59 Å². The molecule has 3 aromatic rings. The third-order valence-electron chi connectivity index (χ3n) is 5.84. The molecule has 0 saturated carbocycles. The number of rotatable bonds is 8. The first-order chi connectivity index (χ1) is 17.5. The van der Waals surface area contributed by atoms with Gasteiger partial charge in [0, 0.05) is 36.7 Å². The lowest BCUT2D eigenvalue weighted by atomic mass is 10.1. The second-order valence-electron chi connectivity index (χ2n) is 8.55. The van der Waals surface area contributed by atoms with Gasteiger partial charge in [-0.25, -0.2) is 9.78 Å². The Hall–Kier alpha value is -4.42. The Labute approximate surface area is 210 Å². The van der Waals surface area contributed by atoms with Crippen LogP contribution in [-0.2, 0) is 6.54 Å². The number of pyridine rings is 1. The van der Waals surface area contributed by atoms with Crippen LogP contribution in [0.15, 0.2) is 60.8 Å². The van der Waals surface area contributed by atoms with Crippen LogP contribution in [0, 0.1) is 11.3 Å². The molecule has 4 N–H and O–H groups in total. The number of hydrogen-bond acceptors (Lipinski definition) is 6. The van der Waals surface area contributed by atoms with Crippen LogP contribution in [0.5, 0.6) is 0 Å². The van der Waals surface area contributed by atoms with E-state index >= 15 is 0 Å². The number of hydrogen-bond donors (Lipinski definition) is 4. The number of nitriles is 1. The monoisotopic (exact) mass is 483 g/mol. The molecule has 9 nitrogen and oxygen atoms in total. The zero-order valence-electron chi connectivity index (χ0n) is 20.2. The first kappa shape index (κ1) is 24.7. The summed E-state index contributed by atoms with van der Waals surface area (Å²) in [5.74, 6) is -0.0459. The summed E-state index contributed by atoms with van der Waals surface area (Å²) in [5.41, 5.74) is 3.87. The fourth-order valence-corrected chi connectivity index (χ4v) is 4.00. The van der Waals surface area contributed by atoms with Crippen LogP contribution in [0.2, 0.25) is 0 Å². The van der Waals surface area contributed by atoms with Crippen LogP contribution in [0.3, 0.4) is 0 Å². The topological polar surface area (TPSA) is 122 Å². The highest BCUT2D eigenvalue weighted by Crippen LogP contribution is 2.25. The Bertz CT molecular complexity index is 1240. The molecule has 184 valence electrons. The summed E-state index contributed by atoms with van der Waals surface area (Å²) in [5, 5.41) is 20.5. The lowest BCUT2D eigenvalue weighted by molar-refractivity contribution is 0.102. The maximum Gasteiger partial charge on any atom is 0.320 e. The molecule has 0 unspecified atom stereocenters. The lowest BCUT2D eigenvalue weighted by Crippen LogP contribution is -2.28. The van der Waals surface area contributed by atoms with E-state index < -0.39 is 0 Å². The van der Waals surface area contributed by atoms with E-state index in [2.05, 4.69) is 37.2 Å². The number of anilines is 4. The van der Waals surface area contributed by atoms with Crippen molar-refractivity contribution in [1.29, 1.82) is 5.26 Å². The molecule has 2 heterocycles. The van der Waals surface area contributed by atoms with Gasteiger partial charge in [0.25, 0.3) is 5.91 Å². The Morgan fingerprint density at radius 3 is 2.36 bits per heavy atom. The van der Waals surface area contributed by atoms with Crippen molar-refractivity contribution in [3.05, 3.63) is 77.5 Å². The zero-order valence-corrected chi connectivity index (χ0v) is 20.2. The van der Waals surface area contributed by atoms with Gasteiger partial charge in [-0.1, -0.05) is 12.1 Å². The van der Waals surface area contributed by atoms with Gasteiger partial charge >= 0.3 is 6.03 Å². The fraction of sp³-hybridized carbons (Fsp3) is 0.259. The Morgan fingerprint density at radius 1 is 1.00 bits per heavy atom. The van der Waals surface area contributed by atoms with Gasteiger partial charge in [-0.2, -0.15) is 5.26 Å². The number of carbonyl (C=O) groups is 2. The summed E-state index contributed by atoms with van der Waals surface area (Å²) in [7, 11) is 0. The van der Waals surface area contributed by atoms with E-state index in [0.717, 1.165) is 19.6 Å². The van der Waals surface area contributed by atoms with Gasteiger partial charge in [0.05, 0.1) is 22.9 Å². The first-order valence-electron chi connectivity index (χ1n) is 12.0. The number of amides is 3. The van der Waals surface area contributed by atoms with Crippen LogP contribution in [0.1, 0.15) is 41.3 Å². The minimum atomic E-state index is -0.388. The maximum atomic E-state index is 13.2. The second kappa shape index (κ2) is 11.8. The van der Waals surface area contributed by atoms with Crippen LogP contribution in [-0.4, -0.2) is 41.5 Å². The van der Waals surface area contributed by atoms with Crippen LogP contribution in [0.4, 0.5) is 27.7 Å². The summed E-state index contributed by atoms with van der Waals surface area (Å²) in [4.78, 5) is 31.8. The maximum absolute atomic E-state index is 13.2. The van der Waals surface area contributed by atoms with Gasteiger partial charge in [-0.05, 0) is 74.8 Å². The molecule has 36 heavy (non-hydrogen) atoms. The molecule has 2 aromatic carbocycles. The Balaban J connectivity index is 1.52. The second-order valence-corrected chi connectivity index (χ2v) is 8.55. The number of likely N-dealkylation sites (tertiary alicyclic amines) is 1. The minimum absolute atomic E-state index is 0.292. The number of nitrogens with one attached hydrogen (secondary N) is 4. The molecule has 1 aliphatic rings. The number of aromatic nitrogens is 1. The van der Waals surface area contributed by atoms with Crippen molar-refractivity contribution in [3.8, 4) is 6.07 Å². The molecule has 9 heteroatoms. The molecule has 0 radical (unpaired) electrons. The summed E-state index contributed by atoms with van der Waals surface area (Å²) >= 11 is 0. The number of benzene rings is 2. The molecule has 1 saturated heterocycles. The first-order valence-corrected chi connectivity index (χ1v) is 12.0. The normalized spacial score (nSPS) is 13.0. The molecule has 0 spiro atoms. The molecule has 4 rings (SSSR count). The van der Waals surface area contributed by atoms with Gasteiger partial charge in [0.1, 0.15) is 5.82 Å². The van der Waals surface area contributed by atoms with Crippen molar-refractivity contribution in [3.63, 3.8) is 0 Å². The molecule has 0 atom stereocenters. The van der Waals surface area contributed by atoms with Crippen molar-refractivity contribution >= 4 is 34.8 Å². The number of urea groups is 1. The largest absolute Gasteiger partial charge is 0.355 e. The molecule has 0 bridgehead atoms. The Morgan fingerprint density at radius 2 is 1.69 bits per heavy atom. The third-order valence-corrected chi connectivity index (χ3v) is 5.84. The van der Waals surface area contributed by atoms with Gasteiger partial charge in [0.15, 0.2) is 0 Å². The SMILES string of the molecule is CCNC(=O)Nc1cc(Nc2ccc(C#N)cc2)c(C(=O)Nc2ccc(CN3CCCC3)cc2)cn1. The standard InChI is InChI=1S/C27H29N7O2/c1-2-29-27(36)33-25-15-24(31-21-9-5-19(16-28)6-10-21)23(17-30-25)26(35)32-22-11-7-20(8-12-22)18-34-13-3-4-14-34/h5-12,15,17H,2-4,13-14,18H2,1H3,(H,32,35)(H3,29,30,31,33,36). The van der Waals surface area contributed by atoms with Gasteiger partial charge < -0.3 is 16.0 Å². The number of nitrogens with zero attached hydrogens (tertiary/aromatic N) is 3. The molecular formula is C27H29N7O2. The summed E-state index contributed by atoms with van der Waals surface area (Å²) in [6, 6.07) is 18.0. The average Bonchev–Trinajstić information content (AvgIpc) is 3.39. The molecule has 1 aromatic heterocycles. The molecule has 3 amide bonds. The predicted molar refractivity (Wildman–Crippen MR) is 140 cm³/mol. The molecule has 0 aliphatic carbocycles. The van der Waals surface area contributed by atoms with Crippen molar-refractivity contribution in [1.82, 2.24) is 15.2 Å². The minimum Gasteiger partial charge on any atom is -0.355 e. The molecular weight excluding hydrogens is 454 g/mol.